The first-order valence-corrected chi connectivity index (χ1v) is 8.05. The van der Waals surface area contributed by atoms with E-state index < -0.39 is 0 Å². The minimum Gasteiger partial charge on any atom is -0.462 e. The molecule has 122 valence electrons. The second kappa shape index (κ2) is 9.40. The van der Waals surface area contributed by atoms with E-state index >= 15 is 0 Å². The third-order valence-electron chi connectivity index (χ3n) is 2.95. The summed E-state index contributed by atoms with van der Waals surface area (Å²) in [6, 6.07) is 0. The number of rotatable bonds is 4. The van der Waals surface area contributed by atoms with Gasteiger partial charge in [0.05, 0.1) is 11.6 Å². The number of aromatic nitrogens is 1. The molecule has 2 rings (SSSR count). The number of hydrogen-bond donors (Lipinski definition) is 1. The van der Waals surface area contributed by atoms with Crippen LogP contribution in [-0.4, -0.2) is 30.1 Å². The Morgan fingerprint density at radius 2 is 2.23 bits per heavy atom. The summed E-state index contributed by atoms with van der Waals surface area (Å²) in [5, 5.41) is 8.07. The van der Waals surface area contributed by atoms with Gasteiger partial charge in [-0.05, 0) is 52.2 Å². The van der Waals surface area contributed by atoms with Gasteiger partial charge < -0.3 is 10.1 Å². The van der Waals surface area contributed by atoms with Crippen LogP contribution < -0.4 is 5.32 Å². The van der Waals surface area contributed by atoms with E-state index in [2.05, 4.69) is 25.1 Å². The molecule has 1 aliphatic heterocycles. The number of piperidine rings is 1. The molecule has 1 N–H and O–H groups in total. The van der Waals surface area contributed by atoms with Crippen LogP contribution >= 0.6 is 11.3 Å². The van der Waals surface area contributed by atoms with Crippen LogP contribution in [0.15, 0.2) is 11.3 Å². The number of ether oxygens (including phenoxy) is 1. The molecule has 1 aromatic rings. The average Bonchev–Trinajstić information content (AvgIpc) is 2.94. The van der Waals surface area contributed by atoms with Gasteiger partial charge in [-0.3, -0.25) is 4.79 Å². The molecular weight excluding hydrogens is 302 g/mol. The van der Waals surface area contributed by atoms with Gasteiger partial charge in [0.1, 0.15) is 5.60 Å². The van der Waals surface area contributed by atoms with E-state index in [4.69, 9.17) is 5.53 Å². The molecule has 0 aliphatic carbocycles. The highest BCUT2D eigenvalue weighted by molar-refractivity contribution is 7.11. The van der Waals surface area contributed by atoms with Crippen LogP contribution in [0.2, 0.25) is 0 Å². The van der Waals surface area contributed by atoms with Crippen LogP contribution in [0.4, 0.5) is 0 Å². The van der Waals surface area contributed by atoms with Gasteiger partial charge in [-0.15, -0.1) is 11.3 Å². The van der Waals surface area contributed by atoms with E-state index in [1.54, 1.807) is 11.3 Å². The second-order valence-electron chi connectivity index (χ2n) is 5.90. The minimum absolute atomic E-state index is 0.318. The second-order valence-corrected chi connectivity index (χ2v) is 7.05. The molecule has 0 radical (unpaired) electrons. The zero-order valence-corrected chi connectivity index (χ0v) is 14.1. The average molecular weight is 325 g/mol. The lowest BCUT2D eigenvalue weighted by Gasteiger charge is -2.20. The monoisotopic (exact) mass is 325 g/mol. The fourth-order valence-corrected chi connectivity index (χ4v) is 2.90. The summed E-state index contributed by atoms with van der Waals surface area (Å²) in [7, 11) is 0. The fourth-order valence-electron chi connectivity index (χ4n) is 1.90. The van der Waals surface area contributed by atoms with Crippen LogP contribution in [0.5, 0.6) is 0 Å². The molecule has 8 heteroatoms. The Balaban J connectivity index is 0.000000295. The molecule has 0 aromatic carbocycles. The molecule has 0 amide bonds. The highest BCUT2D eigenvalue weighted by Gasteiger charge is 2.18. The predicted molar refractivity (Wildman–Crippen MR) is 86.7 cm³/mol. The number of thiazole rings is 1. The lowest BCUT2D eigenvalue weighted by molar-refractivity contribution is -0.138. The molecular formula is C14H23N5O2S. The zero-order valence-electron chi connectivity index (χ0n) is 13.3. The van der Waals surface area contributed by atoms with Crippen LogP contribution in [0.25, 0.3) is 10.4 Å². The molecule has 2 heterocycles. The number of hydrogen-bond acceptors (Lipinski definition) is 6. The zero-order chi connectivity index (χ0) is 16.4. The van der Waals surface area contributed by atoms with Crippen LogP contribution in [0, 0.1) is 0 Å². The quantitative estimate of drug-likeness (QED) is 0.397. The van der Waals surface area contributed by atoms with Crippen molar-refractivity contribution in [2.24, 2.45) is 5.11 Å². The molecule has 0 bridgehead atoms. The van der Waals surface area contributed by atoms with Crippen molar-refractivity contribution in [3.8, 4) is 0 Å². The van der Waals surface area contributed by atoms with E-state index in [1.165, 1.54) is 5.01 Å². The standard InChI is InChI=1S/C9H13N5S.C5H10O2/c10-14-13-6-8-5-12-9(15-8)7-1-3-11-4-2-7;1-5(2,3)7-4-6/h5,7,11H,1-4,6H2;4H,1-3H3. The summed E-state index contributed by atoms with van der Waals surface area (Å²) in [5.41, 5.74) is 7.90. The summed E-state index contributed by atoms with van der Waals surface area (Å²) in [6.45, 7) is 8.51. The van der Waals surface area contributed by atoms with Gasteiger partial charge in [0, 0.05) is 21.9 Å². The van der Waals surface area contributed by atoms with Crippen molar-refractivity contribution in [1.82, 2.24) is 10.3 Å². The normalized spacial score (nSPS) is 15.2. The first kappa shape index (κ1) is 18.4. The van der Waals surface area contributed by atoms with E-state index in [-0.39, 0.29) is 5.60 Å². The van der Waals surface area contributed by atoms with Gasteiger partial charge in [0.15, 0.2) is 0 Å². The van der Waals surface area contributed by atoms with Crippen molar-refractivity contribution in [3.05, 3.63) is 26.5 Å². The van der Waals surface area contributed by atoms with Crippen molar-refractivity contribution in [3.63, 3.8) is 0 Å². The molecule has 1 fully saturated rings. The predicted octanol–water partition coefficient (Wildman–Crippen LogP) is 3.38. The van der Waals surface area contributed by atoms with Gasteiger partial charge in [-0.1, -0.05) is 5.11 Å². The Morgan fingerprint density at radius 3 is 2.73 bits per heavy atom. The lowest BCUT2D eigenvalue weighted by Crippen LogP contribution is -2.26. The first-order valence-electron chi connectivity index (χ1n) is 7.24. The number of carbonyl (C=O) groups excluding carboxylic acids is 1. The SMILES string of the molecule is CC(C)(C)OC=O.[N-]=[N+]=NCc1cnc(C2CCNCC2)s1. The Bertz CT molecular complexity index is 500. The third-order valence-corrected chi connectivity index (χ3v) is 4.10. The minimum atomic E-state index is -0.318. The Kier molecular flexibility index (Phi) is 7.87. The van der Waals surface area contributed by atoms with Crippen molar-refractivity contribution in [1.29, 1.82) is 0 Å². The number of carbonyl (C=O) groups is 1. The first-order chi connectivity index (χ1) is 10.5. The number of azide groups is 1. The number of nitrogens with zero attached hydrogens (tertiary/aromatic N) is 4. The Hall–Kier alpha value is -1.63. The smallest absolute Gasteiger partial charge is 0.293 e. The number of nitrogens with one attached hydrogen (secondary N) is 1. The lowest BCUT2D eigenvalue weighted by atomic mass is 9.99. The molecule has 1 aliphatic rings. The van der Waals surface area contributed by atoms with E-state index in [9.17, 15) is 4.79 Å². The van der Waals surface area contributed by atoms with Crippen LogP contribution in [-0.2, 0) is 16.1 Å². The van der Waals surface area contributed by atoms with E-state index in [0.29, 0.717) is 18.9 Å². The molecule has 7 nitrogen and oxygen atoms in total. The summed E-state index contributed by atoms with van der Waals surface area (Å²) in [4.78, 5) is 17.8. The van der Waals surface area contributed by atoms with Crippen LogP contribution in [0.3, 0.4) is 0 Å². The Morgan fingerprint density at radius 1 is 1.55 bits per heavy atom. The van der Waals surface area contributed by atoms with Gasteiger partial charge in [0.2, 0.25) is 0 Å². The molecule has 1 aromatic heterocycles. The van der Waals surface area contributed by atoms with Gasteiger partial charge in [0.25, 0.3) is 6.47 Å². The molecule has 0 unspecified atom stereocenters. The molecule has 0 spiro atoms. The summed E-state index contributed by atoms with van der Waals surface area (Å²) < 4.78 is 4.55. The van der Waals surface area contributed by atoms with Gasteiger partial charge >= 0.3 is 0 Å². The summed E-state index contributed by atoms with van der Waals surface area (Å²) in [5.74, 6) is 0.594. The van der Waals surface area contributed by atoms with Crippen molar-refractivity contribution in [2.75, 3.05) is 13.1 Å². The fraction of sp³-hybridized carbons (Fsp3) is 0.714. The van der Waals surface area contributed by atoms with Crippen molar-refractivity contribution in [2.45, 2.75) is 51.7 Å². The van der Waals surface area contributed by atoms with E-state index in [0.717, 1.165) is 30.8 Å². The summed E-state index contributed by atoms with van der Waals surface area (Å²) in [6.07, 6.45) is 4.15. The Labute approximate surface area is 134 Å². The topological polar surface area (TPSA) is 100.0 Å². The van der Waals surface area contributed by atoms with Crippen LogP contribution in [0.1, 0.15) is 49.4 Å². The van der Waals surface area contributed by atoms with Crippen molar-refractivity contribution < 1.29 is 9.53 Å². The maximum atomic E-state index is 9.60. The van der Waals surface area contributed by atoms with Gasteiger partial charge in [-0.2, -0.15) is 0 Å². The van der Waals surface area contributed by atoms with Gasteiger partial charge in [-0.25, -0.2) is 4.98 Å². The maximum absolute atomic E-state index is 9.60. The molecule has 22 heavy (non-hydrogen) atoms. The molecule has 0 atom stereocenters. The third kappa shape index (κ3) is 7.40. The molecule has 1 saturated heterocycles. The highest BCUT2D eigenvalue weighted by atomic mass is 32.1. The van der Waals surface area contributed by atoms with Crippen molar-refractivity contribution >= 4 is 17.8 Å². The van der Waals surface area contributed by atoms with E-state index in [1.807, 2.05) is 27.0 Å². The summed E-state index contributed by atoms with van der Waals surface area (Å²) >= 11 is 1.68. The maximum Gasteiger partial charge on any atom is 0.293 e. The highest BCUT2D eigenvalue weighted by Crippen LogP contribution is 2.28. The largest absolute Gasteiger partial charge is 0.462 e. The molecule has 0 saturated carbocycles.